The van der Waals surface area contributed by atoms with Crippen LogP contribution in [0.25, 0.3) is 0 Å². The number of nitrogens with two attached hydrogens (primary N) is 1. The van der Waals surface area contributed by atoms with Crippen molar-refractivity contribution < 1.29 is 9.59 Å². The van der Waals surface area contributed by atoms with E-state index in [9.17, 15) is 9.59 Å². The molecule has 2 amide bonds. The normalized spacial score (nSPS) is 9.43. The van der Waals surface area contributed by atoms with Crippen molar-refractivity contribution in [1.29, 1.82) is 0 Å². The van der Waals surface area contributed by atoms with Gasteiger partial charge in [0.25, 0.3) is 5.91 Å². The molecule has 0 aromatic carbocycles. The summed E-state index contributed by atoms with van der Waals surface area (Å²) in [6.07, 6.45) is 4.18. The summed E-state index contributed by atoms with van der Waals surface area (Å²) < 4.78 is 0. The van der Waals surface area contributed by atoms with Crippen molar-refractivity contribution in [1.82, 2.24) is 15.6 Å². The number of pyridine rings is 1. The molecule has 1 rings (SSSR count). The topological polar surface area (TPSA) is 97.1 Å². The van der Waals surface area contributed by atoms with Crippen molar-refractivity contribution in [2.24, 2.45) is 5.73 Å². The van der Waals surface area contributed by atoms with Crippen LogP contribution in [0.1, 0.15) is 35.7 Å². The molecule has 1 aromatic heterocycles. The van der Waals surface area contributed by atoms with E-state index in [-0.39, 0.29) is 31.3 Å². The summed E-state index contributed by atoms with van der Waals surface area (Å²) in [4.78, 5) is 27.4. The fourth-order valence-electron chi connectivity index (χ4n) is 1.58. The minimum Gasteiger partial charge on any atom is -0.356 e. The van der Waals surface area contributed by atoms with Crippen LogP contribution in [0.4, 0.5) is 0 Å². The monoisotopic (exact) mass is 288 g/mol. The van der Waals surface area contributed by atoms with E-state index in [2.05, 4.69) is 27.5 Å². The molecule has 1 heterocycles. The van der Waals surface area contributed by atoms with E-state index in [1.165, 1.54) is 12.4 Å². The van der Waals surface area contributed by atoms with Gasteiger partial charge in [0.05, 0.1) is 17.7 Å². The summed E-state index contributed by atoms with van der Waals surface area (Å²) >= 11 is 0. The summed E-state index contributed by atoms with van der Waals surface area (Å²) in [5.41, 5.74) is 6.27. The van der Waals surface area contributed by atoms with Crippen LogP contribution in [0.2, 0.25) is 0 Å². The Morgan fingerprint density at radius 3 is 2.86 bits per heavy atom. The fraction of sp³-hybridized carbons (Fsp3) is 0.400. The van der Waals surface area contributed by atoms with Crippen LogP contribution in [0, 0.1) is 11.8 Å². The van der Waals surface area contributed by atoms with Crippen LogP contribution in [0.3, 0.4) is 0 Å². The van der Waals surface area contributed by atoms with Crippen molar-refractivity contribution >= 4 is 11.8 Å². The summed E-state index contributed by atoms with van der Waals surface area (Å²) in [5, 5.41) is 5.45. The first kappa shape index (κ1) is 16.7. The Labute approximate surface area is 124 Å². The Morgan fingerprint density at radius 2 is 2.14 bits per heavy atom. The minimum atomic E-state index is -0.276. The van der Waals surface area contributed by atoms with Gasteiger partial charge in [-0.25, -0.2) is 0 Å². The molecule has 0 aliphatic rings. The number of hydrogen-bond acceptors (Lipinski definition) is 4. The van der Waals surface area contributed by atoms with Gasteiger partial charge in [-0.1, -0.05) is 18.8 Å². The highest BCUT2D eigenvalue weighted by Gasteiger charge is 2.10. The van der Waals surface area contributed by atoms with Crippen LogP contribution >= 0.6 is 0 Å². The third-order valence-corrected chi connectivity index (χ3v) is 2.60. The minimum absolute atomic E-state index is 0.0741. The standard InChI is InChI=1S/C15H20N4O2/c1-2-8-18-14(20)6-10-19-15(21)13-5-9-17-11-12(13)4-3-7-16/h5,9,11H,2,6-8,10,16H2,1H3,(H,18,20)(H,19,21). The van der Waals surface area contributed by atoms with E-state index in [1.54, 1.807) is 6.07 Å². The van der Waals surface area contributed by atoms with Gasteiger partial charge in [0.1, 0.15) is 0 Å². The molecule has 6 heteroatoms. The summed E-state index contributed by atoms with van der Waals surface area (Å²) in [5.74, 6) is 5.14. The molecule has 0 spiro atoms. The average Bonchev–Trinajstić information content (AvgIpc) is 2.51. The van der Waals surface area contributed by atoms with Gasteiger partial charge in [-0.05, 0) is 12.5 Å². The summed E-state index contributed by atoms with van der Waals surface area (Å²) in [6, 6.07) is 1.59. The van der Waals surface area contributed by atoms with Gasteiger partial charge in [0.2, 0.25) is 5.91 Å². The number of nitrogens with zero attached hydrogens (tertiary/aromatic N) is 1. The largest absolute Gasteiger partial charge is 0.356 e. The second kappa shape index (κ2) is 9.50. The van der Waals surface area contributed by atoms with Crippen molar-refractivity contribution in [2.75, 3.05) is 19.6 Å². The predicted molar refractivity (Wildman–Crippen MR) is 80.4 cm³/mol. The molecule has 112 valence electrons. The van der Waals surface area contributed by atoms with Gasteiger partial charge in [-0.3, -0.25) is 14.6 Å². The van der Waals surface area contributed by atoms with Gasteiger partial charge in [0, 0.05) is 31.9 Å². The molecule has 0 aliphatic heterocycles. The molecule has 21 heavy (non-hydrogen) atoms. The molecule has 0 aliphatic carbocycles. The molecule has 4 N–H and O–H groups in total. The number of carbonyl (C=O) groups is 2. The van der Waals surface area contributed by atoms with Gasteiger partial charge in [-0.2, -0.15) is 0 Å². The Hall–Kier alpha value is -2.39. The first-order chi connectivity index (χ1) is 10.2. The highest BCUT2D eigenvalue weighted by Crippen LogP contribution is 2.05. The molecule has 6 nitrogen and oxygen atoms in total. The van der Waals surface area contributed by atoms with Crippen LogP contribution < -0.4 is 16.4 Å². The first-order valence-electron chi connectivity index (χ1n) is 6.86. The van der Waals surface area contributed by atoms with Crippen molar-refractivity contribution in [3.8, 4) is 11.8 Å². The zero-order valence-electron chi connectivity index (χ0n) is 12.1. The molecular weight excluding hydrogens is 268 g/mol. The molecule has 0 unspecified atom stereocenters. The molecule has 0 atom stereocenters. The lowest BCUT2D eigenvalue weighted by Crippen LogP contribution is -2.31. The van der Waals surface area contributed by atoms with Crippen LogP contribution in [0.15, 0.2) is 18.5 Å². The van der Waals surface area contributed by atoms with E-state index in [4.69, 9.17) is 5.73 Å². The summed E-state index contributed by atoms with van der Waals surface area (Å²) in [6.45, 7) is 3.12. The summed E-state index contributed by atoms with van der Waals surface area (Å²) in [7, 11) is 0. The third kappa shape index (κ3) is 6.06. The van der Waals surface area contributed by atoms with Crippen LogP contribution in [0.5, 0.6) is 0 Å². The van der Waals surface area contributed by atoms with E-state index in [0.29, 0.717) is 17.7 Å². The quantitative estimate of drug-likeness (QED) is 0.644. The number of carbonyl (C=O) groups excluding carboxylic acids is 2. The van der Waals surface area contributed by atoms with Crippen molar-refractivity contribution in [2.45, 2.75) is 19.8 Å². The van der Waals surface area contributed by atoms with Crippen molar-refractivity contribution in [3.63, 3.8) is 0 Å². The second-order valence-electron chi connectivity index (χ2n) is 4.28. The lowest BCUT2D eigenvalue weighted by molar-refractivity contribution is -0.120. The Morgan fingerprint density at radius 1 is 1.33 bits per heavy atom. The molecule has 0 saturated carbocycles. The molecule has 0 saturated heterocycles. The Kier molecular flexibility index (Phi) is 7.54. The van der Waals surface area contributed by atoms with Crippen LogP contribution in [-0.2, 0) is 4.79 Å². The Bertz CT molecular complexity index is 546. The van der Waals surface area contributed by atoms with Gasteiger partial charge in [0.15, 0.2) is 0 Å². The van der Waals surface area contributed by atoms with E-state index in [0.717, 1.165) is 6.42 Å². The molecule has 1 aromatic rings. The van der Waals surface area contributed by atoms with Gasteiger partial charge in [-0.15, -0.1) is 0 Å². The fourth-order valence-corrected chi connectivity index (χ4v) is 1.58. The number of hydrogen-bond donors (Lipinski definition) is 3. The zero-order chi connectivity index (χ0) is 15.5. The van der Waals surface area contributed by atoms with Crippen molar-refractivity contribution in [3.05, 3.63) is 29.6 Å². The van der Waals surface area contributed by atoms with Gasteiger partial charge >= 0.3 is 0 Å². The molecular formula is C15H20N4O2. The predicted octanol–water partition coefficient (Wildman–Crippen LogP) is 0.0379. The SMILES string of the molecule is CCCNC(=O)CCNC(=O)c1ccncc1C#CCN. The number of aromatic nitrogens is 1. The van der Waals surface area contributed by atoms with Crippen LogP contribution in [-0.4, -0.2) is 36.4 Å². The number of nitrogens with one attached hydrogen (secondary N) is 2. The maximum atomic E-state index is 12.1. The maximum absolute atomic E-state index is 12.1. The second-order valence-corrected chi connectivity index (χ2v) is 4.28. The Balaban J connectivity index is 2.54. The average molecular weight is 288 g/mol. The lowest BCUT2D eigenvalue weighted by Gasteiger charge is -2.07. The lowest BCUT2D eigenvalue weighted by atomic mass is 10.1. The maximum Gasteiger partial charge on any atom is 0.252 e. The van der Waals surface area contributed by atoms with Gasteiger partial charge < -0.3 is 16.4 Å². The van der Waals surface area contributed by atoms with E-state index in [1.807, 2.05) is 6.92 Å². The molecule has 0 radical (unpaired) electrons. The van der Waals surface area contributed by atoms with E-state index < -0.39 is 0 Å². The zero-order valence-corrected chi connectivity index (χ0v) is 12.1. The highest BCUT2D eigenvalue weighted by atomic mass is 16.2. The van der Waals surface area contributed by atoms with E-state index >= 15 is 0 Å². The highest BCUT2D eigenvalue weighted by molar-refractivity contribution is 5.96. The molecule has 0 fully saturated rings. The third-order valence-electron chi connectivity index (χ3n) is 2.60. The molecule has 0 bridgehead atoms. The first-order valence-corrected chi connectivity index (χ1v) is 6.86. The smallest absolute Gasteiger partial charge is 0.252 e. The number of rotatable bonds is 6. The number of amides is 2.